The highest BCUT2D eigenvalue weighted by molar-refractivity contribution is 5.77. The molecule has 3 heteroatoms. The second kappa shape index (κ2) is 3.59. The van der Waals surface area contributed by atoms with E-state index in [1.807, 2.05) is 6.33 Å². The molecule has 2 heterocycles. The van der Waals surface area contributed by atoms with Crippen LogP contribution in [0.4, 0.5) is 0 Å². The summed E-state index contributed by atoms with van der Waals surface area (Å²) in [5.74, 6) is 0. The van der Waals surface area contributed by atoms with Gasteiger partial charge >= 0.3 is 0 Å². The van der Waals surface area contributed by atoms with Gasteiger partial charge in [-0.2, -0.15) is 0 Å². The number of nitrogens with zero attached hydrogens (tertiary/aromatic N) is 2. The van der Waals surface area contributed by atoms with Crippen molar-refractivity contribution in [3.05, 3.63) is 29.6 Å². The fraction of sp³-hybridized carbons (Fsp3) is 0.462. The summed E-state index contributed by atoms with van der Waals surface area (Å²) < 4.78 is 2.32. The summed E-state index contributed by atoms with van der Waals surface area (Å²) in [4.78, 5) is 4.50. The highest BCUT2D eigenvalue weighted by Crippen LogP contribution is 2.24. The van der Waals surface area contributed by atoms with Gasteiger partial charge in [0.25, 0.3) is 0 Å². The fourth-order valence-corrected chi connectivity index (χ4v) is 2.45. The number of aromatic nitrogens is 2. The van der Waals surface area contributed by atoms with Crippen molar-refractivity contribution in [3.63, 3.8) is 0 Å². The molecule has 0 spiro atoms. The van der Waals surface area contributed by atoms with Crippen molar-refractivity contribution in [1.29, 1.82) is 0 Å². The van der Waals surface area contributed by atoms with Gasteiger partial charge < -0.3 is 9.88 Å². The lowest BCUT2D eigenvalue weighted by Crippen LogP contribution is -2.12. The molecule has 0 bridgehead atoms. The molecule has 1 N–H and O–H groups in total. The Balaban J connectivity index is 2.15. The van der Waals surface area contributed by atoms with Crippen LogP contribution < -0.4 is 5.32 Å². The maximum absolute atomic E-state index is 4.50. The van der Waals surface area contributed by atoms with E-state index in [2.05, 4.69) is 40.8 Å². The van der Waals surface area contributed by atoms with Crippen LogP contribution in [0.5, 0.6) is 0 Å². The second-order valence-corrected chi connectivity index (χ2v) is 4.72. The van der Waals surface area contributed by atoms with Gasteiger partial charge in [0.2, 0.25) is 0 Å². The maximum Gasteiger partial charge on any atom is 0.0961 e. The molecule has 1 aliphatic rings. The van der Waals surface area contributed by atoms with Gasteiger partial charge in [-0.05, 0) is 50.1 Å². The molecule has 1 aromatic carbocycles. The van der Waals surface area contributed by atoms with Gasteiger partial charge in [0, 0.05) is 12.6 Å². The number of hydrogen-bond acceptors (Lipinski definition) is 2. The van der Waals surface area contributed by atoms with E-state index in [4.69, 9.17) is 0 Å². The van der Waals surface area contributed by atoms with Crippen molar-refractivity contribution in [2.24, 2.45) is 0 Å². The molecular formula is C13H17N3. The Morgan fingerprint density at radius 1 is 1.31 bits per heavy atom. The summed E-state index contributed by atoms with van der Waals surface area (Å²) in [5, 5.41) is 3.40. The highest BCUT2D eigenvalue weighted by atomic mass is 15.1. The van der Waals surface area contributed by atoms with E-state index in [0.717, 1.165) is 18.6 Å². The fourth-order valence-electron chi connectivity index (χ4n) is 2.45. The predicted octanol–water partition coefficient (Wildman–Crippen LogP) is 2.19. The Kier molecular flexibility index (Phi) is 2.21. The minimum Gasteiger partial charge on any atom is -0.326 e. The highest BCUT2D eigenvalue weighted by Gasteiger charge is 2.18. The van der Waals surface area contributed by atoms with Gasteiger partial charge in [0.05, 0.1) is 17.4 Å². The molecule has 3 rings (SSSR count). The molecule has 0 saturated carbocycles. The average Bonchev–Trinajstić information content (AvgIpc) is 2.87. The first-order valence-corrected chi connectivity index (χ1v) is 5.90. The molecular weight excluding hydrogens is 198 g/mol. The molecule has 2 aromatic rings. The summed E-state index contributed by atoms with van der Waals surface area (Å²) in [6, 6.07) is 5.02. The summed E-state index contributed by atoms with van der Waals surface area (Å²) >= 11 is 0. The normalized spacial score (nSPS) is 20.8. The Morgan fingerprint density at radius 2 is 2.12 bits per heavy atom. The molecule has 1 atom stereocenters. The number of aryl methyl sites for hydroxylation is 2. The topological polar surface area (TPSA) is 29.9 Å². The van der Waals surface area contributed by atoms with Gasteiger partial charge in [0.1, 0.15) is 0 Å². The van der Waals surface area contributed by atoms with Crippen molar-refractivity contribution in [2.75, 3.05) is 13.1 Å². The van der Waals surface area contributed by atoms with Crippen LogP contribution in [-0.2, 0) is 0 Å². The first-order valence-electron chi connectivity index (χ1n) is 5.90. The third-order valence-corrected chi connectivity index (χ3v) is 3.62. The summed E-state index contributed by atoms with van der Waals surface area (Å²) in [7, 11) is 0. The van der Waals surface area contributed by atoms with Crippen molar-refractivity contribution in [1.82, 2.24) is 14.9 Å². The number of imidazole rings is 1. The zero-order valence-corrected chi connectivity index (χ0v) is 9.83. The molecule has 1 aromatic heterocycles. The van der Waals surface area contributed by atoms with Crippen LogP contribution in [0.25, 0.3) is 11.0 Å². The summed E-state index contributed by atoms with van der Waals surface area (Å²) in [5.41, 5.74) is 5.06. The van der Waals surface area contributed by atoms with Crippen LogP contribution >= 0.6 is 0 Å². The Morgan fingerprint density at radius 3 is 2.88 bits per heavy atom. The molecule has 1 aliphatic heterocycles. The Bertz CT molecular complexity index is 521. The van der Waals surface area contributed by atoms with E-state index < -0.39 is 0 Å². The van der Waals surface area contributed by atoms with Crippen LogP contribution in [0.3, 0.4) is 0 Å². The third kappa shape index (κ3) is 1.43. The van der Waals surface area contributed by atoms with Gasteiger partial charge in [-0.15, -0.1) is 0 Å². The SMILES string of the molecule is Cc1cc2ncn(C3CCNC3)c2cc1C. The minimum atomic E-state index is 0.576. The maximum atomic E-state index is 4.50. The van der Waals surface area contributed by atoms with Crippen LogP contribution in [0.1, 0.15) is 23.6 Å². The van der Waals surface area contributed by atoms with E-state index in [1.54, 1.807) is 0 Å². The number of benzene rings is 1. The lowest BCUT2D eigenvalue weighted by Gasteiger charge is -2.12. The quantitative estimate of drug-likeness (QED) is 0.790. The first-order chi connectivity index (χ1) is 7.75. The molecule has 84 valence electrons. The molecule has 1 unspecified atom stereocenters. The largest absolute Gasteiger partial charge is 0.326 e. The zero-order valence-electron chi connectivity index (χ0n) is 9.83. The Labute approximate surface area is 95.5 Å². The van der Waals surface area contributed by atoms with Gasteiger partial charge in [-0.3, -0.25) is 0 Å². The number of hydrogen-bond donors (Lipinski definition) is 1. The van der Waals surface area contributed by atoms with Crippen molar-refractivity contribution >= 4 is 11.0 Å². The molecule has 1 saturated heterocycles. The zero-order chi connectivity index (χ0) is 11.1. The van der Waals surface area contributed by atoms with Crippen LogP contribution in [0, 0.1) is 13.8 Å². The number of rotatable bonds is 1. The van der Waals surface area contributed by atoms with Crippen molar-refractivity contribution < 1.29 is 0 Å². The lowest BCUT2D eigenvalue weighted by atomic mass is 10.1. The monoisotopic (exact) mass is 215 g/mol. The van der Waals surface area contributed by atoms with E-state index in [0.29, 0.717) is 6.04 Å². The van der Waals surface area contributed by atoms with Crippen LogP contribution in [0.15, 0.2) is 18.5 Å². The molecule has 16 heavy (non-hydrogen) atoms. The minimum absolute atomic E-state index is 0.576. The number of fused-ring (bicyclic) bond motifs is 1. The summed E-state index contributed by atoms with van der Waals surface area (Å²) in [6.45, 7) is 6.50. The lowest BCUT2D eigenvalue weighted by molar-refractivity contribution is 0.561. The standard InChI is InChI=1S/C13H17N3/c1-9-5-12-13(6-10(9)2)16(8-15-12)11-3-4-14-7-11/h5-6,8,11,14H,3-4,7H2,1-2H3. The molecule has 0 aliphatic carbocycles. The van der Waals surface area contributed by atoms with E-state index in [9.17, 15) is 0 Å². The Hall–Kier alpha value is -1.35. The first kappa shape index (κ1) is 9.85. The van der Waals surface area contributed by atoms with E-state index in [-0.39, 0.29) is 0 Å². The van der Waals surface area contributed by atoms with Gasteiger partial charge in [-0.25, -0.2) is 4.98 Å². The molecule has 3 nitrogen and oxygen atoms in total. The molecule has 0 amide bonds. The smallest absolute Gasteiger partial charge is 0.0961 e. The second-order valence-electron chi connectivity index (χ2n) is 4.72. The summed E-state index contributed by atoms with van der Waals surface area (Å²) in [6.07, 6.45) is 3.19. The molecule has 0 radical (unpaired) electrons. The predicted molar refractivity (Wildman–Crippen MR) is 65.7 cm³/mol. The van der Waals surface area contributed by atoms with Crippen LogP contribution in [0.2, 0.25) is 0 Å². The molecule has 1 fully saturated rings. The van der Waals surface area contributed by atoms with Crippen LogP contribution in [-0.4, -0.2) is 22.6 Å². The number of nitrogens with one attached hydrogen (secondary N) is 1. The van der Waals surface area contributed by atoms with Crippen molar-refractivity contribution in [2.45, 2.75) is 26.3 Å². The van der Waals surface area contributed by atoms with Gasteiger partial charge in [0.15, 0.2) is 0 Å². The van der Waals surface area contributed by atoms with Crippen molar-refractivity contribution in [3.8, 4) is 0 Å². The van der Waals surface area contributed by atoms with E-state index in [1.165, 1.54) is 23.1 Å². The van der Waals surface area contributed by atoms with Gasteiger partial charge in [-0.1, -0.05) is 0 Å². The average molecular weight is 215 g/mol. The van der Waals surface area contributed by atoms with E-state index >= 15 is 0 Å². The third-order valence-electron chi connectivity index (χ3n) is 3.62.